The Morgan fingerprint density at radius 3 is 2.77 bits per heavy atom. The summed E-state index contributed by atoms with van der Waals surface area (Å²) < 4.78 is 1.80. The summed E-state index contributed by atoms with van der Waals surface area (Å²) in [5, 5.41) is 12.5. The first-order valence-corrected chi connectivity index (χ1v) is 4.90. The number of hydrogen-bond acceptors (Lipinski definition) is 3. The monoisotopic (exact) mass is 198 g/mol. The Labute approximate surface area is 82.0 Å². The van der Waals surface area contributed by atoms with Crippen molar-refractivity contribution < 1.29 is 0 Å². The number of thioether (sulfide) groups is 1. The second kappa shape index (κ2) is 3.83. The van der Waals surface area contributed by atoms with Crippen LogP contribution in [0.2, 0.25) is 0 Å². The highest BCUT2D eigenvalue weighted by Gasteiger charge is 2.10. The van der Waals surface area contributed by atoms with Crippen LogP contribution < -0.4 is 5.73 Å². The number of nitrogens with two attached hydrogens (primary N) is 1. The van der Waals surface area contributed by atoms with Crippen LogP contribution in [0.15, 0.2) is 11.1 Å². The van der Waals surface area contributed by atoms with Gasteiger partial charge in [-0.05, 0) is 19.9 Å². The largest absolute Gasteiger partial charge is 0.387 e. The Morgan fingerprint density at radius 2 is 2.38 bits per heavy atom. The Hall–Kier alpha value is -0.970. The minimum Gasteiger partial charge on any atom is -0.387 e. The number of aromatic nitrogens is 2. The lowest BCUT2D eigenvalue weighted by Gasteiger charge is -2.08. The van der Waals surface area contributed by atoms with Gasteiger partial charge in [0, 0.05) is 7.05 Å². The Bertz CT molecular complexity index is 318. The summed E-state index contributed by atoms with van der Waals surface area (Å²) >= 11 is 1.55. The summed E-state index contributed by atoms with van der Waals surface area (Å²) in [6, 6.07) is 1.99. The molecule has 1 heterocycles. The van der Waals surface area contributed by atoms with Gasteiger partial charge in [0.1, 0.15) is 5.84 Å². The number of nitrogens with one attached hydrogen (secondary N) is 1. The van der Waals surface area contributed by atoms with Gasteiger partial charge in [-0.2, -0.15) is 5.10 Å². The van der Waals surface area contributed by atoms with Gasteiger partial charge in [0.25, 0.3) is 0 Å². The van der Waals surface area contributed by atoms with Crippen LogP contribution in [0, 0.1) is 12.3 Å². The topological polar surface area (TPSA) is 67.7 Å². The Morgan fingerprint density at radius 1 is 1.77 bits per heavy atom. The van der Waals surface area contributed by atoms with Crippen LogP contribution in [0.5, 0.6) is 0 Å². The molecule has 0 saturated heterocycles. The van der Waals surface area contributed by atoms with Crippen LogP contribution in [0.3, 0.4) is 0 Å². The molecule has 72 valence electrons. The van der Waals surface area contributed by atoms with Gasteiger partial charge < -0.3 is 5.73 Å². The molecule has 0 bridgehead atoms. The van der Waals surface area contributed by atoms with E-state index in [2.05, 4.69) is 5.10 Å². The summed E-state index contributed by atoms with van der Waals surface area (Å²) in [4.78, 5) is 0. The SMILES string of the molecule is Cc1cc(SC(C)C(=N)N)n(C)n1. The molecule has 0 aliphatic rings. The van der Waals surface area contributed by atoms with E-state index in [1.165, 1.54) is 0 Å². The van der Waals surface area contributed by atoms with E-state index in [4.69, 9.17) is 11.1 Å². The fourth-order valence-corrected chi connectivity index (χ4v) is 1.86. The third kappa shape index (κ3) is 2.48. The van der Waals surface area contributed by atoms with Gasteiger partial charge in [-0.3, -0.25) is 10.1 Å². The van der Waals surface area contributed by atoms with Crippen molar-refractivity contribution in [3.8, 4) is 0 Å². The predicted octanol–water partition coefficient (Wildman–Crippen LogP) is 1.15. The Balaban J connectivity index is 2.74. The highest BCUT2D eigenvalue weighted by molar-refractivity contribution is 8.00. The van der Waals surface area contributed by atoms with Gasteiger partial charge in [-0.25, -0.2) is 0 Å². The molecule has 0 fully saturated rings. The van der Waals surface area contributed by atoms with Gasteiger partial charge in [0.05, 0.1) is 16.0 Å². The molecule has 4 nitrogen and oxygen atoms in total. The zero-order chi connectivity index (χ0) is 10.0. The first-order valence-electron chi connectivity index (χ1n) is 4.02. The number of aryl methyl sites for hydroxylation is 2. The molecule has 0 amide bonds. The lowest BCUT2D eigenvalue weighted by atomic mass is 10.4. The maximum absolute atomic E-state index is 7.25. The predicted molar refractivity (Wildman–Crippen MR) is 55.2 cm³/mol. The van der Waals surface area contributed by atoms with E-state index < -0.39 is 0 Å². The molecule has 1 aromatic rings. The van der Waals surface area contributed by atoms with Crippen molar-refractivity contribution in [2.75, 3.05) is 0 Å². The average Bonchev–Trinajstić information content (AvgIpc) is 2.30. The van der Waals surface area contributed by atoms with E-state index in [1.807, 2.05) is 27.0 Å². The van der Waals surface area contributed by atoms with Gasteiger partial charge in [0.2, 0.25) is 0 Å². The lowest BCUT2D eigenvalue weighted by Crippen LogP contribution is -2.21. The van der Waals surface area contributed by atoms with Crippen molar-refractivity contribution >= 4 is 17.6 Å². The van der Waals surface area contributed by atoms with Crippen molar-refractivity contribution in [3.05, 3.63) is 11.8 Å². The number of rotatable bonds is 3. The number of nitrogens with zero attached hydrogens (tertiary/aromatic N) is 2. The molecule has 5 heteroatoms. The van der Waals surface area contributed by atoms with Gasteiger partial charge >= 0.3 is 0 Å². The summed E-state index contributed by atoms with van der Waals surface area (Å²) in [5.41, 5.74) is 6.36. The van der Waals surface area contributed by atoms with Crippen molar-refractivity contribution in [1.82, 2.24) is 9.78 Å². The molecule has 0 saturated carbocycles. The minimum absolute atomic E-state index is 0.00907. The van der Waals surface area contributed by atoms with E-state index in [9.17, 15) is 0 Å². The third-order valence-electron chi connectivity index (χ3n) is 1.69. The van der Waals surface area contributed by atoms with E-state index >= 15 is 0 Å². The van der Waals surface area contributed by atoms with Crippen molar-refractivity contribution in [3.63, 3.8) is 0 Å². The summed E-state index contributed by atoms with van der Waals surface area (Å²) in [7, 11) is 1.89. The second-order valence-electron chi connectivity index (χ2n) is 2.96. The smallest absolute Gasteiger partial charge is 0.104 e. The normalized spacial score (nSPS) is 12.8. The molecular formula is C8H14N4S. The number of hydrogen-bond donors (Lipinski definition) is 2. The molecule has 0 spiro atoms. The fraction of sp³-hybridized carbons (Fsp3) is 0.500. The summed E-state index contributed by atoms with van der Waals surface area (Å²) in [6.07, 6.45) is 0. The van der Waals surface area contributed by atoms with E-state index in [-0.39, 0.29) is 11.1 Å². The zero-order valence-corrected chi connectivity index (χ0v) is 8.85. The van der Waals surface area contributed by atoms with Crippen molar-refractivity contribution in [2.24, 2.45) is 12.8 Å². The van der Waals surface area contributed by atoms with E-state index in [1.54, 1.807) is 16.4 Å². The molecule has 0 aromatic carbocycles. The average molecular weight is 198 g/mol. The zero-order valence-electron chi connectivity index (χ0n) is 8.03. The highest BCUT2D eigenvalue weighted by Crippen LogP contribution is 2.22. The first kappa shape index (κ1) is 10.1. The molecule has 13 heavy (non-hydrogen) atoms. The third-order valence-corrected chi connectivity index (χ3v) is 2.93. The summed E-state index contributed by atoms with van der Waals surface area (Å²) in [6.45, 7) is 3.86. The lowest BCUT2D eigenvalue weighted by molar-refractivity contribution is 0.692. The molecular weight excluding hydrogens is 184 g/mol. The molecule has 0 aliphatic heterocycles. The first-order chi connectivity index (χ1) is 6.00. The molecule has 0 aliphatic carbocycles. The van der Waals surface area contributed by atoms with Crippen LogP contribution in [-0.4, -0.2) is 20.9 Å². The fourth-order valence-electron chi connectivity index (χ4n) is 0.942. The van der Waals surface area contributed by atoms with E-state index in [0.717, 1.165) is 10.7 Å². The maximum Gasteiger partial charge on any atom is 0.104 e. The molecule has 1 aromatic heterocycles. The summed E-state index contributed by atoms with van der Waals surface area (Å²) in [5.74, 6) is 0.198. The molecule has 3 N–H and O–H groups in total. The van der Waals surface area contributed by atoms with Gasteiger partial charge in [-0.1, -0.05) is 11.8 Å². The molecule has 0 radical (unpaired) electrons. The van der Waals surface area contributed by atoms with Crippen molar-refractivity contribution in [1.29, 1.82) is 5.41 Å². The second-order valence-corrected chi connectivity index (χ2v) is 4.32. The standard InChI is InChI=1S/C8H14N4S/c1-5-4-7(12(3)11-5)13-6(2)8(9)10/h4,6H,1-3H3,(H3,9,10). The molecule has 1 atom stereocenters. The van der Waals surface area contributed by atoms with Crippen LogP contribution >= 0.6 is 11.8 Å². The minimum atomic E-state index is 0.00907. The van der Waals surface area contributed by atoms with Gasteiger partial charge in [0.15, 0.2) is 0 Å². The maximum atomic E-state index is 7.25. The van der Waals surface area contributed by atoms with Crippen LogP contribution in [0.4, 0.5) is 0 Å². The Kier molecular flexibility index (Phi) is 2.98. The molecule has 1 rings (SSSR count). The number of amidine groups is 1. The van der Waals surface area contributed by atoms with Gasteiger partial charge in [-0.15, -0.1) is 0 Å². The van der Waals surface area contributed by atoms with Crippen molar-refractivity contribution in [2.45, 2.75) is 24.1 Å². The quantitative estimate of drug-likeness (QED) is 0.435. The van der Waals surface area contributed by atoms with Crippen LogP contribution in [0.25, 0.3) is 0 Å². The van der Waals surface area contributed by atoms with Crippen LogP contribution in [-0.2, 0) is 7.05 Å². The van der Waals surface area contributed by atoms with E-state index in [0.29, 0.717) is 0 Å². The van der Waals surface area contributed by atoms with Crippen LogP contribution in [0.1, 0.15) is 12.6 Å². The molecule has 1 unspecified atom stereocenters. The highest BCUT2D eigenvalue weighted by atomic mass is 32.2.